The molecule has 0 N–H and O–H groups in total. The van der Waals surface area contributed by atoms with Gasteiger partial charge in [-0.15, -0.1) is 0 Å². The van der Waals surface area contributed by atoms with Crippen molar-refractivity contribution in [2.24, 2.45) is 0 Å². The Labute approximate surface area is 46.3 Å². The molecular weight excluding hydrogens is 110 g/mol. The second-order valence-electron chi connectivity index (χ2n) is 1.19. The second-order valence-corrected chi connectivity index (χ2v) is 2.74. The van der Waals surface area contributed by atoms with E-state index in [1.54, 1.807) is 6.26 Å². The SMILES string of the molecule is C[S+]([O-])CCC#N. The largest absolute Gasteiger partial charge is 0.617 e. The van der Waals surface area contributed by atoms with Crippen molar-refractivity contribution in [1.29, 1.82) is 5.26 Å². The van der Waals surface area contributed by atoms with Gasteiger partial charge in [-0.25, -0.2) is 0 Å². The summed E-state index contributed by atoms with van der Waals surface area (Å²) in [5, 5.41) is 7.93. The molecule has 3 heteroatoms. The minimum atomic E-state index is -0.788. The first-order valence-corrected chi connectivity index (χ1v) is 3.67. The Morgan fingerprint density at radius 2 is 2.43 bits per heavy atom. The molecule has 2 nitrogen and oxygen atoms in total. The summed E-state index contributed by atoms with van der Waals surface area (Å²) in [7, 11) is 0. The van der Waals surface area contributed by atoms with Gasteiger partial charge in [0.2, 0.25) is 0 Å². The summed E-state index contributed by atoms with van der Waals surface area (Å²) in [6, 6.07) is 1.91. The third kappa shape index (κ3) is 5.80. The Kier molecular flexibility index (Phi) is 3.86. The average Bonchev–Trinajstić information content (AvgIpc) is 1.61. The zero-order valence-electron chi connectivity index (χ0n) is 4.18. The number of nitrogens with zero attached hydrogens (tertiary/aromatic N) is 1. The topological polar surface area (TPSA) is 46.8 Å². The molecule has 0 bridgehead atoms. The highest BCUT2D eigenvalue weighted by Gasteiger charge is 1.91. The van der Waals surface area contributed by atoms with Crippen LogP contribution in [0.2, 0.25) is 0 Å². The number of nitriles is 1. The maximum Gasteiger partial charge on any atom is 0.118 e. The minimum absolute atomic E-state index is 0.406. The van der Waals surface area contributed by atoms with Gasteiger partial charge in [0.05, 0.1) is 18.7 Å². The molecule has 0 amide bonds. The first-order chi connectivity index (χ1) is 3.27. The molecule has 0 saturated carbocycles. The Bertz CT molecular complexity index is 76.2. The van der Waals surface area contributed by atoms with Crippen LogP contribution in [-0.4, -0.2) is 16.6 Å². The quantitative estimate of drug-likeness (QED) is 0.488. The first kappa shape index (κ1) is 6.80. The van der Waals surface area contributed by atoms with Crippen LogP contribution in [0.15, 0.2) is 0 Å². The molecule has 40 valence electrons. The standard InChI is InChI=1S/C4H7NOS/c1-7(6)4-2-3-5/h2,4H2,1H3. The van der Waals surface area contributed by atoms with Crippen LogP contribution in [0.25, 0.3) is 0 Å². The van der Waals surface area contributed by atoms with Gasteiger partial charge in [0.1, 0.15) is 5.75 Å². The third-order valence-corrected chi connectivity index (χ3v) is 1.28. The molecule has 0 aromatic carbocycles. The molecular formula is C4H7NOS. The van der Waals surface area contributed by atoms with Crippen LogP contribution in [0, 0.1) is 11.3 Å². The predicted molar refractivity (Wildman–Crippen MR) is 29.2 cm³/mol. The van der Waals surface area contributed by atoms with E-state index in [0.717, 1.165) is 0 Å². The van der Waals surface area contributed by atoms with Gasteiger partial charge in [0.25, 0.3) is 0 Å². The average molecular weight is 117 g/mol. The van der Waals surface area contributed by atoms with E-state index in [4.69, 9.17) is 5.26 Å². The molecule has 0 aromatic rings. The van der Waals surface area contributed by atoms with Gasteiger partial charge in [0.15, 0.2) is 0 Å². The van der Waals surface area contributed by atoms with Crippen LogP contribution < -0.4 is 0 Å². The smallest absolute Gasteiger partial charge is 0.118 e. The van der Waals surface area contributed by atoms with Gasteiger partial charge in [0, 0.05) is 0 Å². The van der Waals surface area contributed by atoms with E-state index in [1.165, 1.54) is 0 Å². The molecule has 0 saturated heterocycles. The van der Waals surface area contributed by atoms with Crippen LogP contribution >= 0.6 is 0 Å². The molecule has 0 radical (unpaired) electrons. The number of hydrogen-bond acceptors (Lipinski definition) is 2. The van der Waals surface area contributed by atoms with E-state index in [9.17, 15) is 4.55 Å². The summed E-state index contributed by atoms with van der Waals surface area (Å²) < 4.78 is 10.2. The molecule has 0 fully saturated rings. The third-order valence-electron chi connectivity index (χ3n) is 0.501. The lowest BCUT2D eigenvalue weighted by molar-refractivity contribution is 0.600. The van der Waals surface area contributed by atoms with Gasteiger partial charge in [-0.2, -0.15) is 5.26 Å². The van der Waals surface area contributed by atoms with Crippen molar-refractivity contribution in [1.82, 2.24) is 0 Å². The van der Waals surface area contributed by atoms with Crippen molar-refractivity contribution in [3.8, 4) is 6.07 Å². The van der Waals surface area contributed by atoms with Crippen LogP contribution in [0.1, 0.15) is 6.42 Å². The molecule has 0 spiro atoms. The van der Waals surface area contributed by atoms with Gasteiger partial charge in [-0.3, -0.25) is 0 Å². The van der Waals surface area contributed by atoms with Gasteiger partial charge < -0.3 is 4.55 Å². The lowest BCUT2D eigenvalue weighted by atomic mass is 10.6. The van der Waals surface area contributed by atoms with Crippen LogP contribution in [-0.2, 0) is 11.2 Å². The lowest BCUT2D eigenvalue weighted by Gasteiger charge is -1.97. The molecule has 1 unspecified atom stereocenters. The summed E-state index contributed by atoms with van der Waals surface area (Å²) in [4.78, 5) is 0. The molecule has 0 rings (SSSR count). The molecule has 1 atom stereocenters. The highest BCUT2D eigenvalue weighted by atomic mass is 32.2. The van der Waals surface area contributed by atoms with Gasteiger partial charge in [-0.1, -0.05) is 11.2 Å². The van der Waals surface area contributed by atoms with Crippen LogP contribution in [0.3, 0.4) is 0 Å². The van der Waals surface area contributed by atoms with Crippen LogP contribution in [0.5, 0.6) is 0 Å². The number of hydrogen-bond donors (Lipinski definition) is 0. The minimum Gasteiger partial charge on any atom is -0.617 e. The zero-order chi connectivity index (χ0) is 5.70. The van der Waals surface area contributed by atoms with E-state index in [0.29, 0.717) is 12.2 Å². The number of rotatable bonds is 2. The maximum atomic E-state index is 10.2. The van der Waals surface area contributed by atoms with Crippen molar-refractivity contribution in [2.75, 3.05) is 12.0 Å². The molecule has 7 heavy (non-hydrogen) atoms. The van der Waals surface area contributed by atoms with E-state index in [-0.39, 0.29) is 0 Å². The first-order valence-electron chi connectivity index (χ1n) is 1.94. The molecule has 0 aliphatic carbocycles. The Morgan fingerprint density at radius 1 is 1.86 bits per heavy atom. The molecule has 0 heterocycles. The summed E-state index contributed by atoms with van der Waals surface area (Å²) >= 11 is -0.788. The van der Waals surface area contributed by atoms with Crippen molar-refractivity contribution in [3.05, 3.63) is 0 Å². The monoisotopic (exact) mass is 117 g/mol. The predicted octanol–water partition coefficient (Wildman–Crippen LogP) is 0.279. The Balaban J connectivity index is 2.86. The fourth-order valence-corrected chi connectivity index (χ4v) is 0.568. The highest BCUT2D eigenvalue weighted by Crippen LogP contribution is 1.84. The van der Waals surface area contributed by atoms with Gasteiger partial charge >= 0.3 is 0 Å². The van der Waals surface area contributed by atoms with E-state index in [1.807, 2.05) is 6.07 Å². The summed E-state index contributed by atoms with van der Waals surface area (Å²) in [5.41, 5.74) is 0. The summed E-state index contributed by atoms with van der Waals surface area (Å²) in [6.07, 6.45) is 2.00. The zero-order valence-corrected chi connectivity index (χ0v) is 4.99. The van der Waals surface area contributed by atoms with E-state index >= 15 is 0 Å². The van der Waals surface area contributed by atoms with Gasteiger partial charge in [-0.05, 0) is 0 Å². The van der Waals surface area contributed by atoms with E-state index < -0.39 is 11.2 Å². The fourth-order valence-electron chi connectivity index (χ4n) is 0.189. The summed E-state index contributed by atoms with van der Waals surface area (Å²) in [6.45, 7) is 0. The van der Waals surface area contributed by atoms with E-state index in [2.05, 4.69) is 0 Å². The summed E-state index contributed by atoms with van der Waals surface area (Å²) in [5.74, 6) is 0.510. The fraction of sp³-hybridized carbons (Fsp3) is 0.750. The van der Waals surface area contributed by atoms with Crippen molar-refractivity contribution in [3.63, 3.8) is 0 Å². The molecule has 0 aliphatic rings. The molecule has 0 aromatic heterocycles. The Hall–Kier alpha value is -0.200. The van der Waals surface area contributed by atoms with Crippen LogP contribution in [0.4, 0.5) is 0 Å². The maximum absolute atomic E-state index is 10.2. The van der Waals surface area contributed by atoms with Crippen molar-refractivity contribution in [2.45, 2.75) is 6.42 Å². The lowest BCUT2D eigenvalue weighted by Crippen LogP contribution is -2.00. The second kappa shape index (κ2) is 3.97. The Morgan fingerprint density at radius 3 is 2.57 bits per heavy atom. The van der Waals surface area contributed by atoms with Crippen molar-refractivity contribution < 1.29 is 4.55 Å². The molecule has 0 aliphatic heterocycles. The highest BCUT2D eigenvalue weighted by molar-refractivity contribution is 7.90. The van der Waals surface area contributed by atoms with Crippen molar-refractivity contribution >= 4 is 11.2 Å². The normalized spacial score (nSPS) is 12.7.